The number of halogens is 5. The van der Waals surface area contributed by atoms with Gasteiger partial charge >= 0.3 is 6.18 Å². The molecule has 0 aliphatic heterocycles. The molecule has 1 N–H and O–H groups in total. The monoisotopic (exact) mass is 283 g/mol. The number of carbonyl (C=O) groups is 1. The highest BCUT2D eigenvalue weighted by molar-refractivity contribution is 6.17. The minimum Gasteiger partial charge on any atom is -0.352 e. The fraction of sp³-hybridized carbons (Fsp3) is 0.364. The van der Waals surface area contributed by atoms with Gasteiger partial charge in [0.15, 0.2) is 0 Å². The first-order valence-corrected chi connectivity index (χ1v) is 5.60. The number of rotatable bonds is 4. The maximum absolute atomic E-state index is 13.3. The Morgan fingerprint density at radius 1 is 1.33 bits per heavy atom. The van der Waals surface area contributed by atoms with Crippen molar-refractivity contribution in [3.63, 3.8) is 0 Å². The number of amides is 1. The molecule has 0 radical (unpaired) electrons. The predicted octanol–water partition coefficient (Wildman–Crippen LogP) is 3.20. The number of benzene rings is 1. The molecule has 0 heterocycles. The maximum atomic E-state index is 13.3. The summed E-state index contributed by atoms with van der Waals surface area (Å²) in [5.74, 6) is -1.58. The second-order valence-electron chi connectivity index (χ2n) is 3.49. The van der Waals surface area contributed by atoms with E-state index in [0.717, 1.165) is 0 Å². The van der Waals surface area contributed by atoms with Crippen LogP contribution in [-0.4, -0.2) is 18.3 Å². The van der Waals surface area contributed by atoms with E-state index in [1.165, 1.54) is 0 Å². The van der Waals surface area contributed by atoms with Gasteiger partial charge in [-0.15, -0.1) is 11.6 Å². The second-order valence-corrected chi connectivity index (χ2v) is 3.87. The van der Waals surface area contributed by atoms with Gasteiger partial charge in [-0.25, -0.2) is 4.39 Å². The lowest BCUT2D eigenvalue weighted by Gasteiger charge is -2.10. The zero-order valence-corrected chi connectivity index (χ0v) is 9.91. The molecule has 100 valence electrons. The highest BCUT2D eigenvalue weighted by atomic mass is 35.5. The van der Waals surface area contributed by atoms with Gasteiger partial charge in [0.2, 0.25) is 0 Å². The Morgan fingerprint density at radius 2 is 2.00 bits per heavy atom. The number of carbonyl (C=O) groups excluding carboxylic acids is 1. The van der Waals surface area contributed by atoms with Crippen LogP contribution >= 0.6 is 11.6 Å². The van der Waals surface area contributed by atoms with Crippen LogP contribution in [0.4, 0.5) is 17.6 Å². The van der Waals surface area contributed by atoms with Gasteiger partial charge < -0.3 is 5.32 Å². The third-order valence-corrected chi connectivity index (χ3v) is 2.40. The third kappa shape index (κ3) is 3.87. The van der Waals surface area contributed by atoms with Gasteiger partial charge in [0.25, 0.3) is 5.91 Å². The molecule has 0 atom stereocenters. The van der Waals surface area contributed by atoms with E-state index in [2.05, 4.69) is 5.32 Å². The van der Waals surface area contributed by atoms with Crippen molar-refractivity contribution < 1.29 is 22.4 Å². The molecule has 1 rings (SSSR count). The van der Waals surface area contributed by atoms with Crippen LogP contribution in [0.25, 0.3) is 0 Å². The minimum absolute atomic E-state index is 0.179. The van der Waals surface area contributed by atoms with Crippen LogP contribution in [0.1, 0.15) is 22.3 Å². The average molecular weight is 284 g/mol. The lowest BCUT2D eigenvalue weighted by molar-refractivity contribution is -0.137. The maximum Gasteiger partial charge on any atom is 0.416 e. The molecule has 2 nitrogen and oxygen atoms in total. The summed E-state index contributed by atoms with van der Waals surface area (Å²) >= 11 is 5.37. The van der Waals surface area contributed by atoms with E-state index in [4.69, 9.17) is 11.6 Å². The van der Waals surface area contributed by atoms with Gasteiger partial charge in [-0.1, -0.05) is 0 Å². The average Bonchev–Trinajstić information content (AvgIpc) is 2.28. The van der Waals surface area contributed by atoms with Crippen LogP contribution in [0.3, 0.4) is 0 Å². The number of nitrogens with one attached hydrogen (secondary N) is 1. The van der Waals surface area contributed by atoms with E-state index in [1.54, 1.807) is 0 Å². The molecule has 0 saturated carbocycles. The first kappa shape index (κ1) is 14.8. The van der Waals surface area contributed by atoms with Crippen molar-refractivity contribution in [1.82, 2.24) is 5.32 Å². The van der Waals surface area contributed by atoms with Crippen molar-refractivity contribution in [1.29, 1.82) is 0 Å². The molecule has 0 unspecified atom stereocenters. The summed E-state index contributed by atoms with van der Waals surface area (Å²) < 4.78 is 50.5. The van der Waals surface area contributed by atoms with Gasteiger partial charge in [0.05, 0.1) is 11.1 Å². The third-order valence-electron chi connectivity index (χ3n) is 2.13. The van der Waals surface area contributed by atoms with Gasteiger partial charge in [-0.3, -0.25) is 4.79 Å². The quantitative estimate of drug-likeness (QED) is 0.513. The van der Waals surface area contributed by atoms with E-state index < -0.39 is 29.0 Å². The molecule has 7 heteroatoms. The zero-order chi connectivity index (χ0) is 13.8. The van der Waals surface area contributed by atoms with Gasteiger partial charge in [0, 0.05) is 12.4 Å². The highest BCUT2D eigenvalue weighted by Gasteiger charge is 2.31. The minimum atomic E-state index is -4.61. The summed E-state index contributed by atoms with van der Waals surface area (Å²) in [7, 11) is 0. The Labute approximate surface area is 106 Å². The van der Waals surface area contributed by atoms with Crippen LogP contribution in [0, 0.1) is 5.82 Å². The van der Waals surface area contributed by atoms with E-state index in [0.29, 0.717) is 30.5 Å². The molecule has 0 aliphatic carbocycles. The lowest BCUT2D eigenvalue weighted by Crippen LogP contribution is -2.26. The smallest absolute Gasteiger partial charge is 0.352 e. The SMILES string of the molecule is O=C(NCCCCl)c1cc(C(F)(F)F)ccc1F. The van der Waals surface area contributed by atoms with Crippen LogP contribution in [-0.2, 0) is 6.18 Å². The summed E-state index contributed by atoms with van der Waals surface area (Å²) in [5, 5.41) is 2.29. The fourth-order valence-electron chi connectivity index (χ4n) is 1.24. The van der Waals surface area contributed by atoms with E-state index in [1.807, 2.05) is 0 Å². The Hall–Kier alpha value is -1.30. The normalized spacial score (nSPS) is 11.4. The Balaban J connectivity index is 2.90. The van der Waals surface area contributed by atoms with Crippen molar-refractivity contribution in [3.8, 4) is 0 Å². The number of alkyl halides is 4. The molecule has 18 heavy (non-hydrogen) atoms. The summed E-state index contributed by atoms with van der Waals surface area (Å²) in [6, 6.07) is 1.70. The molecular weight excluding hydrogens is 274 g/mol. The molecule has 0 aliphatic rings. The standard InChI is InChI=1S/C11H10ClF4NO/c12-4-1-5-17-10(18)8-6-7(11(14,15)16)2-3-9(8)13/h2-3,6H,1,4-5H2,(H,17,18). The van der Waals surface area contributed by atoms with Gasteiger partial charge in [0.1, 0.15) is 5.82 Å². The van der Waals surface area contributed by atoms with Crippen LogP contribution in [0.2, 0.25) is 0 Å². The predicted molar refractivity (Wildman–Crippen MR) is 59.1 cm³/mol. The first-order valence-electron chi connectivity index (χ1n) is 5.07. The topological polar surface area (TPSA) is 29.1 Å². The largest absolute Gasteiger partial charge is 0.416 e. The second kappa shape index (κ2) is 6.04. The molecule has 1 aromatic carbocycles. The molecule has 0 saturated heterocycles. The van der Waals surface area contributed by atoms with E-state index in [9.17, 15) is 22.4 Å². The molecular formula is C11H10ClF4NO. The molecule has 0 spiro atoms. The number of hydrogen-bond donors (Lipinski definition) is 1. The van der Waals surface area contributed by atoms with Gasteiger partial charge in [-0.05, 0) is 24.6 Å². The Morgan fingerprint density at radius 3 is 2.56 bits per heavy atom. The fourth-order valence-corrected chi connectivity index (χ4v) is 1.37. The van der Waals surface area contributed by atoms with Crippen LogP contribution < -0.4 is 5.32 Å². The Bertz CT molecular complexity index is 434. The van der Waals surface area contributed by atoms with Crippen LogP contribution in [0.15, 0.2) is 18.2 Å². The molecule has 1 amide bonds. The molecule has 0 bridgehead atoms. The molecule has 1 aromatic rings. The van der Waals surface area contributed by atoms with Crippen molar-refractivity contribution in [3.05, 3.63) is 35.1 Å². The van der Waals surface area contributed by atoms with Gasteiger partial charge in [-0.2, -0.15) is 13.2 Å². The van der Waals surface area contributed by atoms with Crippen molar-refractivity contribution >= 4 is 17.5 Å². The molecule has 0 aromatic heterocycles. The number of hydrogen-bond acceptors (Lipinski definition) is 1. The summed E-state index contributed by atoms with van der Waals surface area (Å²) in [5.41, 5.74) is -1.69. The lowest BCUT2D eigenvalue weighted by atomic mass is 10.1. The Kier molecular flexibility index (Phi) is 4.95. The zero-order valence-electron chi connectivity index (χ0n) is 9.15. The van der Waals surface area contributed by atoms with Crippen molar-refractivity contribution in [2.45, 2.75) is 12.6 Å². The molecule has 0 fully saturated rings. The summed E-state index contributed by atoms with van der Waals surface area (Å²) in [6.07, 6.45) is -4.16. The summed E-state index contributed by atoms with van der Waals surface area (Å²) in [6.45, 7) is 0.179. The summed E-state index contributed by atoms with van der Waals surface area (Å²) in [4.78, 5) is 11.5. The first-order chi connectivity index (χ1) is 8.36. The van der Waals surface area contributed by atoms with Crippen molar-refractivity contribution in [2.24, 2.45) is 0 Å². The van der Waals surface area contributed by atoms with Crippen molar-refractivity contribution in [2.75, 3.05) is 12.4 Å². The highest BCUT2D eigenvalue weighted by Crippen LogP contribution is 2.30. The van der Waals surface area contributed by atoms with E-state index >= 15 is 0 Å². The van der Waals surface area contributed by atoms with Crippen LogP contribution in [0.5, 0.6) is 0 Å². The van der Waals surface area contributed by atoms with E-state index in [-0.39, 0.29) is 6.54 Å².